The van der Waals surface area contributed by atoms with Gasteiger partial charge in [0, 0.05) is 42.7 Å². The number of nitrogens with zero attached hydrogens (tertiary/aromatic N) is 2. The summed E-state index contributed by atoms with van der Waals surface area (Å²) in [4.78, 5) is 16.6. The number of amides is 2. The second-order valence-electron chi connectivity index (χ2n) is 9.69. The molecular weight excluding hydrogens is 467 g/mol. The molecule has 2 aromatic carbocycles. The number of carbonyl (C=O) groups is 1. The molecule has 1 saturated carbocycles. The summed E-state index contributed by atoms with van der Waals surface area (Å²) < 4.78 is 70.2. The van der Waals surface area contributed by atoms with E-state index >= 15 is 4.39 Å². The van der Waals surface area contributed by atoms with Crippen LogP contribution in [0.25, 0.3) is 11.1 Å². The molecule has 1 N–H and O–H groups in total. The van der Waals surface area contributed by atoms with Gasteiger partial charge in [-0.3, -0.25) is 0 Å². The predicted octanol–water partition coefficient (Wildman–Crippen LogP) is 3.52. The van der Waals surface area contributed by atoms with E-state index in [9.17, 15) is 22.0 Å². The second kappa shape index (κ2) is 8.27. The fourth-order valence-corrected chi connectivity index (χ4v) is 6.10. The number of rotatable bonds is 5. The smallest absolute Gasteiger partial charge is 0.320 e. The van der Waals surface area contributed by atoms with E-state index in [4.69, 9.17) is 0 Å². The fraction of sp³-hybridized carbons (Fsp3) is 0.458. The molecule has 2 atom stereocenters. The molecule has 3 fully saturated rings. The highest BCUT2D eigenvalue weighted by atomic mass is 32.2. The lowest BCUT2D eigenvalue weighted by molar-refractivity contribution is 0.120. The monoisotopic (exact) mass is 493 g/mol. The molecule has 0 bridgehead atoms. The number of urea groups is 1. The molecule has 10 heteroatoms. The summed E-state index contributed by atoms with van der Waals surface area (Å²) in [5.74, 6) is -2.26. The van der Waals surface area contributed by atoms with E-state index in [-0.39, 0.29) is 34.6 Å². The van der Waals surface area contributed by atoms with Crippen molar-refractivity contribution in [3.63, 3.8) is 0 Å². The van der Waals surface area contributed by atoms with Crippen LogP contribution in [0.2, 0.25) is 0 Å². The zero-order valence-corrected chi connectivity index (χ0v) is 19.5. The minimum absolute atomic E-state index is 0.0447. The van der Waals surface area contributed by atoms with Gasteiger partial charge in [0.05, 0.1) is 12.3 Å². The van der Waals surface area contributed by atoms with E-state index in [0.717, 1.165) is 43.7 Å². The first kappa shape index (κ1) is 23.2. The van der Waals surface area contributed by atoms with E-state index in [1.807, 2.05) is 0 Å². The van der Waals surface area contributed by atoms with Crippen molar-refractivity contribution in [1.82, 2.24) is 14.5 Å². The summed E-state index contributed by atoms with van der Waals surface area (Å²) in [7, 11) is -3.57. The first-order valence-corrected chi connectivity index (χ1v) is 13.2. The molecule has 1 spiro atoms. The Balaban J connectivity index is 1.51. The van der Waals surface area contributed by atoms with Gasteiger partial charge in [0.25, 0.3) is 0 Å². The van der Waals surface area contributed by atoms with Crippen LogP contribution in [0, 0.1) is 22.9 Å². The molecule has 2 heterocycles. The van der Waals surface area contributed by atoms with Crippen LogP contribution in [0.4, 0.5) is 18.0 Å². The van der Waals surface area contributed by atoms with Crippen molar-refractivity contribution in [1.29, 1.82) is 0 Å². The van der Waals surface area contributed by atoms with Crippen LogP contribution in [0.3, 0.4) is 0 Å². The summed E-state index contributed by atoms with van der Waals surface area (Å²) in [6, 6.07) is 6.17. The van der Waals surface area contributed by atoms with Crippen LogP contribution in [0.15, 0.2) is 36.4 Å². The first-order chi connectivity index (χ1) is 16.1. The standard InChI is InChI=1S/C24H26F3N3O3S/c1-34(32,33)28-22-20(30(14-24(22)6-7-24)23(31)29-8-3-9-29)12-15-4-2-5-19(21(15)27)16-10-17(25)13-18(26)11-16/h2,4-5,10-11,13,20,22,28H,3,6-9,12,14H2,1H3/t20-,22+/m0/s1. The van der Waals surface area contributed by atoms with Crippen LogP contribution in [0.1, 0.15) is 24.8 Å². The zero-order valence-electron chi connectivity index (χ0n) is 18.7. The first-order valence-electron chi connectivity index (χ1n) is 11.3. The number of hydrogen-bond acceptors (Lipinski definition) is 3. The SMILES string of the molecule is CS(=O)(=O)N[C@@H]1[C@H](Cc2cccc(-c3cc(F)cc(F)c3)c2F)N(C(=O)N2CCC2)CC12CC2. The quantitative estimate of drug-likeness (QED) is 0.693. The minimum atomic E-state index is -3.57. The second-order valence-corrected chi connectivity index (χ2v) is 11.5. The van der Waals surface area contributed by atoms with Gasteiger partial charge in [-0.2, -0.15) is 0 Å². The van der Waals surface area contributed by atoms with E-state index in [0.29, 0.717) is 19.6 Å². The van der Waals surface area contributed by atoms with E-state index in [2.05, 4.69) is 4.72 Å². The fourth-order valence-electron chi connectivity index (χ4n) is 5.23. The molecule has 0 radical (unpaired) electrons. The van der Waals surface area contributed by atoms with E-state index in [1.54, 1.807) is 21.9 Å². The van der Waals surface area contributed by atoms with Gasteiger partial charge in [-0.25, -0.2) is 31.1 Å². The Kier molecular flexibility index (Phi) is 5.63. The largest absolute Gasteiger partial charge is 0.325 e. The number of carbonyl (C=O) groups excluding carboxylic acids is 1. The lowest BCUT2D eigenvalue weighted by Gasteiger charge is -2.37. The Hall–Kier alpha value is -2.59. The third kappa shape index (κ3) is 4.29. The number of sulfonamides is 1. The normalized spacial score (nSPS) is 23.3. The highest BCUT2D eigenvalue weighted by Crippen LogP contribution is 2.55. The molecule has 2 aliphatic heterocycles. The minimum Gasteiger partial charge on any atom is -0.325 e. The highest BCUT2D eigenvalue weighted by Gasteiger charge is 2.61. The van der Waals surface area contributed by atoms with Gasteiger partial charge in [-0.1, -0.05) is 18.2 Å². The van der Waals surface area contributed by atoms with Crippen molar-refractivity contribution >= 4 is 16.1 Å². The number of hydrogen-bond donors (Lipinski definition) is 1. The zero-order chi connectivity index (χ0) is 24.3. The lowest BCUT2D eigenvalue weighted by Crippen LogP contribution is -2.54. The van der Waals surface area contributed by atoms with Gasteiger partial charge < -0.3 is 9.80 Å². The summed E-state index contributed by atoms with van der Waals surface area (Å²) in [5.41, 5.74) is 0.0183. The molecule has 5 rings (SSSR count). The van der Waals surface area contributed by atoms with Crippen molar-refractivity contribution in [2.45, 2.75) is 37.8 Å². The predicted molar refractivity (Wildman–Crippen MR) is 121 cm³/mol. The molecule has 0 aromatic heterocycles. The summed E-state index contributed by atoms with van der Waals surface area (Å²) >= 11 is 0. The maximum atomic E-state index is 15.6. The van der Waals surface area contributed by atoms with Crippen LogP contribution >= 0.6 is 0 Å². The maximum absolute atomic E-state index is 15.6. The third-order valence-corrected chi connectivity index (χ3v) is 7.90. The van der Waals surface area contributed by atoms with E-state index < -0.39 is 39.6 Å². The Labute approximate surface area is 196 Å². The molecule has 34 heavy (non-hydrogen) atoms. The number of likely N-dealkylation sites (tertiary alicyclic amines) is 2. The van der Waals surface area contributed by atoms with Gasteiger partial charge >= 0.3 is 6.03 Å². The topological polar surface area (TPSA) is 69.7 Å². The van der Waals surface area contributed by atoms with Gasteiger partial charge in [0.2, 0.25) is 10.0 Å². The Bertz CT molecular complexity index is 1230. The molecular formula is C24H26F3N3O3S. The number of nitrogens with one attached hydrogen (secondary N) is 1. The molecule has 1 aliphatic carbocycles. The maximum Gasteiger partial charge on any atom is 0.320 e. The Morgan fingerprint density at radius 3 is 2.35 bits per heavy atom. The van der Waals surface area contributed by atoms with Crippen molar-refractivity contribution in [2.24, 2.45) is 5.41 Å². The highest BCUT2D eigenvalue weighted by molar-refractivity contribution is 7.88. The van der Waals surface area contributed by atoms with Gasteiger partial charge in [-0.05, 0) is 48.9 Å². The molecule has 6 nitrogen and oxygen atoms in total. The lowest BCUT2D eigenvalue weighted by atomic mass is 9.91. The average Bonchev–Trinajstić information content (AvgIpc) is 3.42. The van der Waals surface area contributed by atoms with E-state index in [1.165, 1.54) is 6.07 Å². The van der Waals surface area contributed by atoms with Gasteiger partial charge in [0.1, 0.15) is 17.5 Å². The van der Waals surface area contributed by atoms with Crippen LogP contribution in [-0.4, -0.2) is 62.2 Å². The third-order valence-electron chi connectivity index (χ3n) is 7.22. The molecule has 0 unspecified atom stereocenters. The van der Waals surface area contributed by atoms with Crippen LogP contribution in [-0.2, 0) is 16.4 Å². The van der Waals surface area contributed by atoms with Gasteiger partial charge in [0.15, 0.2) is 0 Å². The molecule has 2 aromatic rings. The van der Waals surface area contributed by atoms with Crippen molar-refractivity contribution in [3.05, 3.63) is 59.4 Å². The van der Waals surface area contributed by atoms with Crippen LogP contribution < -0.4 is 4.72 Å². The summed E-state index contributed by atoms with van der Waals surface area (Å²) in [6.45, 7) is 1.71. The molecule has 182 valence electrons. The summed E-state index contributed by atoms with van der Waals surface area (Å²) in [5, 5.41) is 0. The molecule has 2 amide bonds. The van der Waals surface area contributed by atoms with Gasteiger partial charge in [-0.15, -0.1) is 0 Å². The van der Waals surface area contributed by atoms with Crippen molar-refractivity contribution in [3.8, 4) is 11.1 Å². The molecule has 2 saturated heterocycles. The molecule has 3 aliphatic rings. The Morgan fingerprint density at radius 2 is 1.79 bits per heavy atom. The average molecular weight is 494 g/mol. The van der Waals surface area contributed by atoms with Crippen molar-refractivity contribution in [2.75, 3.05) is 25.9 Å². The van der Waals surface area contributed by atoms with Crippen molar-refractivity contribution < 1.29 is 26.4 Å². The number of benzene rings is 2. The summed E-state index contributed by atoms with van der Waals surface area (Å²) in [6.07, 6.45) is 3.64. The van der Waals surface area contributed by atoms with Crippen LogP contribution in [0.5, 0.6) is 0 Å². The number of halogens is 3. The Morgan fingerprint density at radius 1 is 1.12 bits per heavy atom.